The monoisotopic (exact) mass is 723 g/mol. The Kier molecular flexibility index (Phi) is 40.8. The zero-order chi connectivity index (χ0) is 37.3. The summed E-state index contributed by atoms with van der Waals surface area (Å²) >= 11 is 0. The molecule has 304 valence electrons. The topological polar surface area (TPSA) is 72.8 Å². The molecule has 1 N–H and O–H groups in total. The van der Waals surface area contributed by atoms with Crippen molar-refractivity contribution in [3.05, 3.63) is 0 Å². The van der Waals surface area contributed by atoms with Gasteiger partial charge in [-0.1, -0.05) is 233 Å². The number of carbonyl (C=O) groups is 2. The van der Waals surface area contributed by atoms with Crippen molar-refractivity contribution in [3.8, 4) is 0 Å². The Morgan fingerprint density at radius 1 is 0.412 bits per heavy atom. The highest BCUT2D eigenvalue weighted by Crippen LogP contribution is 2.17. The first kappa shape index (κ1) is 49.9. The molecule has 0 rings (SSSR count). The molecule has 0 saturated heterocycles. The van der Waals surface area contributed by atoms with Crippen molar-refractivity contribution in [3.63, 3.8) is 0 Å². The molecule has 0 fully saturated rings. The van der Waals surface area contributed by atoms with E-state index in [1.54, 1.807) is 0 Å². The highest BCUT2D eigenvalue weighted by atomic mass is 16.6. The van der Waals surface area contributed by atoms with Gasteiger partial charge in [-0.15, -0.1) is 0 Å². The van der Waals surface area contributed by atoms with Crippen LogP contribution in [-0.2, 0) is 19.1 Å². The number of aliphatic hydroxyl groups is 1. The lowest BCUT2D eigenvalue weighted by Crippen LogP contribution is -2.25. The van der Waals surface area contributed by atoms with Crippen molar-refractivity contribution in [1.29, 1.82) is 0 Å². The molecule has 51 heavy (non-hydrogen) atoms. The van der Waals surface area contributed by atoms with Crippen molar-refractivity contribution < 1.29 is 24.2 Å². The van der Waals surface area contributed by atoms with Gasteiger partial charge in [0.1, 0.15) is 19.3 Å². The largest absolute Gasteiger partial charge is 0.463 e. The fourth-order valence-corrected chi connectivity index (χ4v) is 7.01. The average molecular weight is 723 g/mol. The van der Waals surface area contributed by atoms with Crippen LogP contribution in [0.5, 0.6) is 0 Å². The van der Waals surface area contributed by atoms with Crippen molar-refractivity contribution in [1.82, 2.24) is 0 Å². The molecule has 0 aliphatic rings. The number of rotatable bonds is 42. The van der Waals surface area contributed by atoms with Gasteiger partial charge in [0, 0.05) is 12.8 Å². The van der Waals surface area contributed by atoms with Crippen LogP contribution in [0, 0.1) is 5.92 Å². The second kappa shape index (κ2) is 41.7. The van der Waals surface area contributed by atoms with Gasteiger partial charge in [0.2, 0.25) is 0 Å². The predicted molar refractivity (Wildman–Crippen MR) is 219 cm³/mol. The zero-order valence-electron chi connectivity index (χ0n) is 34.8. The third kappa shape index (κ3) is 41.5. The van der Waals surface area contributed by atoms with E-state index < -0.39 is 6.10 Å². The van der Waals surface area contributed by atoms with E-state index >= 15 is 0 Å². The van der Waals surface area contributed by atoms with Crippen molar-refractivity contribution in [2.45, 2.75) is 264 Å². The minimum absolute atomic E-state index is 0.107. The van der Waals surface area contributed by atoms with E-state index in [1.165, 1.54) is 199 Å². The molecule has 0 heterocycles. The van der Waals surface area contributed by atoms with E-state index in [0.717, 1.165) is 31.6 Å². The Balaban J connectivity index is 3.36. The molecule has 5 heteroatoms. The second-order valence-corrected chi connectivity index (χ2v) is 16.1. The van der Waals surface area contributed by atoms with E-state index in [0.29, 0.717) is 12.8 Å². The molecule has 0 aliphatic heterocycles. The number of unbranched alkanes of at least 4 members (excludes halogenated alkanes) is 31. The summed E-state index contributed by atoms with van der Waals surface area (Å²) in [7, 11) is 0. The first-order chi connectivity index (χ1) is 25.0. The lowest BCUT2D eigenvalue weighted by molar-refractivity contribution is -0.152. The molecule has 0 radical (unpaired) electrons. The van der Waals surface area contributed by atoms with E-state index in [4.69, 9.17) is 9.47 Å². The Labute approximate surface area is 319 Å². The summed E-state index contributed by atoms with van der Waals surface area (Å²) < 4.78 is 10.4. The molecule has 0 amide bonds. The molecule has 5 nitrogen and oxygen atoms in total. The molecule has 2 atom stereocenters. The lowest BCUT2D eigenvalue weighted by atomic mass is 9.99. The minimum Gasteiger partial charge on any atom is -0.463 e. The molecule has 0 aromatic rings. The molecule has 0 saturated carbocycles. The lowest BCUT2D eigenvalue weighted by Gasteiger charge is -2.12. The first-order valence-electron chi connectivity index (χ1n) is 23.0. The van der Waals surface area contributed by atoms with Gasteiger partial charge >= 0.3 is 11.9 Å². The van der Waals surface area contributed by atoms with Gasteiger partial charge in [0.25, 0.3) is 0 Å². The maximum atomic E-state index is 12.0. The van der Waals surface area contributed by atoms with Gasteiger partial charge in [-0.05, 0) is 18.8 Å². The molecule has 0 spiro atoms. The van der Waals surface area contributed by atoms with Crippen LogP contribution in [0.1, 0.15) is 258 Å². The maximum Gasteiger partial charge on any atom is 0.305 e. The molecule has 0 aromatic heterocycles. The molecule has 0 aliphatic carbocycles. The number of aliphatic hydroxyl groups excluding tert-OH is 1. The van der Waals surface area contributed by atoms with Gasteiger partial charge in [-0.3, -0.25) is 9.59 Å². The Bertz CT molecular complexity index is 710. The fourth-order valence-electron chi connectivity index (χ4n) is 7.01. The van der Waals surface area contributed by atoms with Gasteiger partial charge in [-0.2, -0.15) is 0 Å². The van der Waals surface area contributed by atoms with Crippen LogP contribution in [0.4, 0.5) is 0 Å². The van der Waals surface area contributed by atoms with Crippen molar-refractivity contribution >= 4 is 11.9 Å². The third-order valence-electron chi connectivity index (χ3n) is 10.9. The summed E-state index contributed by atoms with van der Waals surface area (Å²) in [5.41, 5.74) is 0. The van der Waals surface area contributed by atoms with Crippen LogP contribution in [0.15, 0.2) is 0 Å². The first-order valence-corrected chi connectivity index (χ1v) is 23.0. The number of carbonyl (C=O) groups excluding carboxylic acids is 2. The summed E-state index contributed by atoms with van der Waals surface area (Å²) in [4.78, 5) is 24.0. The van der Waals surface area contributed by atoms with Gasteiger partial charge in [0.15, 0.2) is 0 Å². The van der Waals surface area contributed by atoms with Gasteiger partial charge < -0.3 is 14.6 Å². The summed E-state index contributed by atoms with van der Waals surface area (Å²) in [6.07, 6.45) is 45.9. The highest BCUT2D eigenvalue weighted by Gasteiger charge is 2.12. The van der Waals surface area contributed by atoms with Crippen LogP contribution in [-0.4, -0.2) is 36.4 Å². The molecule has 0 bridgehead atoms. The fraction of sp³-hybridized carbons (Fsp3) is 0.957. The van der Waals surface area contributed by atoms with Gasteiger partial charge in [0.05, 0.1) is 0 Å². The van der Waals surface area contributed by atoms with Crippen molar-refractivity contribution in [2.24, 2.45) is 5.92 Å². The van der Waals surface area contributed by atoms with Gasteiger partial charge in [-0.25, -0.2) is 0 Å². The van der Waals surface area contributed by atoms with Crippen LogP contribution >= 0.6 is 0 Å². The van der Waals surface area contributed by atoms with E-state index in [9.17, 15) is 14.7 Å². The van der Waals surface area contributed by atoms with Crippen LogP contribution in [0.25, 0.3) is 0 Å². The van der Waals surface area contributed by atoms with E-state index in [1.807, 2.05) is 0 Å². The van der Waals surface area contributed by atoms with Crippen molar-refractivity contribution in [2.75, 3.05) is 13.2 Å². The van der Waals surface area contributed by atoms with E-state index in [2.05, 4.69) is 20.8 Å². The molecular weight excluding hydrogens is 633 g/mol. The quantitative estimate of drug-likeness (QED) is 0.0501. The zero-order valence-corrected chi connectivity index (χ0v) is 34.8. The van der Waals surface area contributed by atoms with Crippen LogP contribution in [0.3, 0.4) is 0 Å². The molecular formula is C46H90O5. The standard InChI is InChI=1S/C46H90O5/c1-4-6-7-8-9-10-11-12-13-14-15-16-17-21-24-27-30-33-36-39-45(48)50-41-44(47)42-51-46(49)40-37-34-31-28-25-22-19-18-20-23-26-29-32-35-38-43(3)5-2/h43-44,47H,4-42H2,1-3H3/t43?,44-/m1/s1. The SMILES string of the molecule is CCCCCCCCCCCCCCCCCCCCCC(=O)OC[C@@H](O)COC(=O)CCCCCCCCCCCCCCCCC(C)CC. The Morgan fingerprint density at radius 2 is 0.667 bits per heavy atom. The second-order valence-electron chi connectivity index (χ2n) is 16.1. The number of esters is 2. The highest BCUT2D eigenvalue weighted by molar-refractivity contribution is 5.69. The minimum atomic E-state index is -0.956. The number of hydrogen-bond donors (Lipinski definition) is 1. The summed E-state index contributed by atoms with van der Waals surface area (Å²) in [6, 6.07) is 0. The van der Waals surface area contributed by atoms with Crippen LogP contribution < -0.4 is 0 Å². The smallest absolute Gasteiger partial charge is 0.305 e. The molecule has 1 unspecified atom stereocenters. The Hall–Kier alpha value is -1.10. The Morgan fingerprint density at radius 3 is 0.941 bits per heavy atom. The normalized spacial score (nSPS) is 12.6. The number of ether oxygens (including phenoxy) is 2. The number of hydrogen-bond acceptors (Lipinski definition) is 5. The third-order valence-corrected chi connectivity index (χ3v) is 10.9. The average Bonchev–Trinajstić information content (AvgIpc) is 3.13. The summed E-state index contributed by atoms with van der Waals surface area (Å²) in [6.45, 7) is 6.74. The molecule has 0 aromatic carbocycles. The maximum absolute atomic E-state index is 12.0. The van der Waals surface area contributed by atoms with E-state index in [-0.39, 0.29) is 25.2 Å². The predicted octanol–water partition coefficient (Wildman–Crippen LogP) is 14.5. The van der Waals surface area contributed by atoms with Crippen LogP contribution in [0.2, 0.25) is 0 Å². The summed E-state index contributed by atoms with van der Waals surface area (Å²) in [5.74, 6) is 0.357. The summed E-state index contributed by atoms with van der Waals surface area (Å²) in [5, 5.41) is 10.1.